The van der Waals surface area contributed by atoms with Crippen LogP contribution in [0, 0.1) is 0 Å². The number of carbonyl (C=O) groups excluding carboxylic acids is 2. The Kier molecular flexibility index (Phi) is 33.6. The van der Waals surface area contributed by atoms with E-state index in [4.69, 9.17) is 28.4 Å². The van der Waals surface area contributed by atoms with Crippen LogP contribution in [-0.2, 0) is 38.0 Å². The number of unbranched alkanes of at least 4 members (excludes halogenated alkanes) is 20. The van der Waals surface area contributed by atoms with E-state index in [-0.39, 0.29) is 26.1 Å². The van der Waals surface area contributed by atoms with Crippen LogP contribution in [0.4, 0.5) is 0 Å². The molecule has 11 atom stereocenters. The van der Waals surface area contributed by atoms with Crippen LogP contribution < -0.4 is 0 Å². The first kappa shape index (κ1) is 58.1. The predicted molar refractivity (Wildman–Crippen MR) is 243 cm³/mol. The number of esters is 2. The highest BCUT2D eigenvalue weighted by Crippen LogP contribution is 2.26. The molecule has 2 aliphatic rings. The zero-order valence-electron chi connectivity index (χ0n) is 39.3. The van der Waals surface area contributed by atoms with Crippen molar-refractivity contribution in [3.8, 4) is 0 Å². The minimum Gasteiger partial charge on any atom is -0.462 e. The highest BCUT2D eigenvalue weighted by molar-refractivity contribution is 5.70. The molecule has 0 saturated carbocycles. The van der Waals surface area contributed by atoms with Crippen LogP contribution in [-0.4, -0.2) is 142 Å². The zero-order valence-corrected chi connectivity index (χ0v) is 39.3. The fourth-order valence-electron chi connectivity index (χ4n) is 7.72. The van der Waals surface area contributed by atoms with E-state index in [2.05, 4.69) is 38.2 Å². The molecule has 0 amide bonds. The van der Waals surface area contributed by atoms with Gasteiger partial charge >= 0.3 is 11.9 Å². The molecule has 0 aromatic rings. The Morgan fingerprint density at radius 3 is 1.42 bits per heavy atom. The molecule has 0 aromatic heterocycles. The first-order valence-corrected chi connectivity index (χ1v) is 24.9. The average Bonchev–Trinajstić information content (AvgIpc) is 3.29. The lowest BCUT2D eigenvalue weighted by Crippen LogP contribution is -2.61. The molecule has 2 aliphatic heterocycles. The quantitative estimate of drug-likeness (QED) is 0.0203. The maximum absolute atomic E-state index is 13.0. The van der Waals surface area contributed by atoms with Crippen LogP contribution >= 0.6 is 0 Å². The smallest absolute Gasteiger partial charge is 0.306 e. The van der Waals surface area contributed by atoms with E-state index < -0.39 is 92.7 Å². The molecular formula is C49H88O15. The number of aliphatic hydroxyl groups excluding tert-OH is 7. The molecule has 2 rings (SSSR count). The summed E-state index contributed by atoms with van der Waals surface area (Å²) in [4.78, 5) is 25.7. The summed E-state index contributed by atoms with van der Waals surface area (Å²) < 4.78 is 33.5. The Balaban J connectivity index is 1.82. The Morgan fingerprint density at radius 2 is 0.906 bits per heavy atom. The summed E-state index contributed by atoms with van der Waals surface area (Å²) in [6.45, 7) is 2.53. The highest BCUT2D eigenvalue weighted by atomic mass is 16.7. The van der Waals surface area contributed by atoms with E-state index in [0.717, 1.165) is 64.2 Å². The van der Waals surface area contributed by atoms with Crippen molar-refractivity contribution in [2.45, 2.75) is 248 Å². The molecule has 2 fully saturated rings. The van der Waals surface area contributed by atoms with Crippen LogP contribution in [0.15, 0.2) is 24.3 Å². The zero-order chi connectivity index (χ0) is 46.8. The van der Waals surface area contributed by atoms with E-state index >= 15 is 0 Å². The predicted octanol–water partition coefficient (Wildman–Crippen LogP) is 6.38. The number of hydrogen-bond donors (Lipinski definition) is 7. The van der Waals surface area contributed by atoms with Gasteiger partial charge in [-0.05, 0) is 57.8 Å². The summed E-state index contributed by atoms with van der Waals surface area (Å²) in [5.41, 5.74) is 0. The lowest BCUT2D eigenvalue weighted by atomic mass is 9.98. The molecule has 64 heavy (non-hydrogen) atoms. The normalized spacial score (nSPS) is 26.8. The van der Waals surface area contributed by atoms with Gasteiger partial charge in [-0.15, -0.1) is 0 Å². The number of ether oxygens (including phenoxy) is 6. The fraction of sp³-hybridized carbons (Fsp3) is 0.878. The van der Waals surface area contributed by atoms with Crippen molar-refractivity contribution in [2.75, 3.05) is 26.4 Å². The van der Waals surface area contributed by atoms with Crippen molar-refractivity contribution in [1.29, 1.82) is 0 Å². The second-order valence-electron chi connectivity index (χ2n) is 17.6. The van der Waals surface area contributed by atoms with Crippen molar-refractivity contribution in [3.05, 3.63) is 24.3 Å². The molecule has 0 radical (unpaired) electrons. The minimum absolute atomic E-state index is 0.156. The molecule has 2 heterocycles. The molecule has 0 spiro atoms. The molecule has 0 bridgehead atoms. The summed E-state index contributed by atoms with van der Waals surface area (Å²) in [7, 11) is 0. The number of hydrogen-bond acceptors (Lipinski definition) is 15. The Morgan fingerprint density at radius 1 is 0.484 bits per heavy atom. The molecule has 2 saturated heterocycles. The number of carbonyl (C=O) groups is 2. The van der Waals surface area contributed by atoms with Gasteiger partial charge in [0.15, 0.2) is 18.7 Å². The molecule has 0 aromatic carbocycles. The lowest BCUT2D eigenvalue weighted by molar-refractivity contribution is -0.332. The topological polar surface area (TPSA) is 231 Å². The standard InChI is InChI=1S/C49H88O15/c1-3-5-7-9-11-13-15-17-18-20-21-23-25-27-29-31-40(51)59-34-37(62-41(52)32-30-28-26-24-22-19-16-14-12-10-8-6-4-2)35-60-48-47(58)45(56)43(54)39(64-48)36-61-49-46(57)44(55)42(53)38(33-50)63-49/h9,11,14,16,37-39,42-50,53-58H,3-8,10,12-13,15,17-36H2,1-2H3/b11-9+,16-14+/t37-,38-,39-,42+,43+,44?,45?,46?,47?,48-,49-/m1/s1. The van der Waals surface area contributed by atoms with Gasteiger partial charge in [0.2, 0.25) is 0 Å². The van der Waals surface area contributed by atoms with Gasteiger partial charge < -0.3 is 64.2 Å². The van der Waals surface area contributed by atoms with E-state index in [1.165, 1.54) is 77.0 Å². The second kappa shape index (κ2) is 37.0. The monoisotopic (exact) mass is 917 g/mol. The Labute approximate surface area is 383 Å². The summed E-state index contributed by atoms with van der Waals surface area (Å²) in [5.74, 6) is -0.935. The van der Waals surface area contributed by atoms with Gasteiger partial charge in [0.05, 0.1) is 19.8 Å². The van der Waals surface area contributed by atoms with Crippen LogP contribution in [0.2, 0.25) is 0 Å². The Bertz CT molecular complexity index is 1220. The second-order valence-corrected chi connectivity index (χ2v) is 17.6. The van der Waals surface area contributed by atoms with Gasteiger partial charge in [0, 0.05) is 12.8 Å². The van der Waals surface area contributed by atoms with Crippen molar-refractivity contribution >= 4 is 11.9 Å². The van der Waals surface area contributed by atoms with Crippen molar-refractivity contribution in [2.24, 2.45) is 0 Å². The first-order valence-electron chi connectivity index (χ1n) is 24.9. The molecule has 15 heteroatoms. The van der Waals surface area contributed by atoms with Crippen LogP contribution in [0.25, 0.3) is 0 Å². The van der Waals surface area contributed by atoms with Crippen LogP contribution in [0.5, 0.6) is 0 Å². The highest BCUT2D eigenvalue weighted by Gasteiger charge is 2.47. The van der Waals surface area contributed by atoms with Gasteiger partial charge in [-0.1, -0.05) is 134 Å². The van der Waals surface area contributed by atoms with Gasteiger partial charge in [-0.3, -0.25) is 9.59 Å². The average molecular weight is 917 g/mol. The van der Waals surface area contributed by atoms with Gasteiger partial charge in [-0.2, -0.15) is 0 Å². The molecule has 374 valence electrons. The third kappa shape index (κ3) is 25.2. The summed E-state index contributed by atoms with van der Waals surface area (Å²) >= 11 is 0. The lowest BCUT2D eigenvalue weighted by Gasteiger charge is -2.42. The largest absolute Gasteiger partial charge is 0.462 e. The number of allylic oxidation sites excluding steroid dienone is 4. The third-order valence-corrected chi connectivity index (χ3v) is 11.9. The molecule has 0 aliphatic carbocycles. The number of rotatable bonds is 38. The molecule has 7 N–H and O–H groups in total. The maximum atomic E-state index is 13.0. The van der Waals surface area contributed by atoms with E-state index in [1.807, 2.05) is 0 Å². The first-order chi connectivity index (χ1) is 31.0. The van der Waals surface area contributed by atoms with E-state index in [1.54, 1.807) is 0 Å². The van der Waals surface area contributed by atoms with Crippen molar-refractivity contribution in [1.82, 2.24) is 0 Å². The van der Waals surface area contributed by atoms with E-state index in [0.29, 0.717) is 12.8 Å². The maximum Gasteiger partial charge on any atom is 0.306 e. The molecule has 4 unspecified atom stereocenters. The minimum atomic E-state index is -1.76. The van der Waals surface area contributed by atoms with Crippen molar-refractivity contribution in [3.63, 3.8) is 0 Å². The van der Waals surface area contributed by atoms with Gasteiger partial charge in [-0.25, -0.2) is 0 Å². The van der Waals surface area contributed by atoms with E-state index in [9.17, 15) is 45.3 Å². The van der Waals surface area contributed by atoms with Crippen LogP contribution in [0.1, 0.15) is 181 Å². The third-order valence-electron chi connectivity index (χ3n) is 11.9. The fourth-order valence-corrected chi connectivity index (χ4v) is 7.72. The van der Waals surface area contributed by atoms with Gasteiger partial charge in [0.1, 0.15) is 55.4 Å². The summed E-state index contributed by atoms with van der Waals surface area (Å²) in [6, 6.07) is 0. The molecule has 15 nitrogen and oxygen atoms in total. The molecular weight excluding hydrogens is 829 g/mol. The van der Waals surface area contributed by atoms with Crippen LogP contribution in [0.3, 0.4) is 0 Å². The van der Waals surface area contributed by atoms with Gasteiger partial charge in [0.25, 0.3) is 0 Å². The Hall–Kier alpha value is -2.02. The summed E-state index contributed by atoms with van der Waals surface area (Å²) in [5, 5.41) is 72.0. The SMILES string of the molecule is CCCC/C=C/CCCCCCCCCCCC(=O)OC[C@H](CO[C@@H]1O[C@H](CO[C@@H]2O[C@H](CO)[C@H](O)C(O)C2O)[C@H](O)C(O)C1O)OC(=O)CCCCCCC/C=C/CCCCCC. The van der Waals surface area contributed by atoms with Crippen molar-refractivity contribution < 1.29 is 73.8 Å². The number of aliphatic hydroxyl groups is 7. The summed E-state index contributed by atoms with van der Waals surface area (Å²) in [6.07, 6.45) is 19.2.